The summed E-state index contributed by atoms with van der Waals surface area (Å²) >= 11 is 7.34. The number of amides is 1. The number of nitrogens with zero attached hydrogens (tertiary/aromatic N) is 4. The Kier molecular flexibility index (Phi) is 8.52. The minimum Gasteiger partial charge on any atom is -0.484 e. The van der Waals surface area contributed by atoms with Gasteiger partial charge < -0.3 is 18.9 Å². The molecule has 3 aromatic rings. The molecule has 32 heavy (non-hydrogen) atoms. The number of carbonyl (C=O) groups is 2. The van der Waals surface area contributed by atoms with Gasteiger partial charge in [-0.05, 0) is 31.2 Å². The van der Waals surface area contributed by atoms with Gasteiger partial charge in [0.25, 0.3) is 0 Å². The quantitative estimate of drug-likeness (QED) is 0.327. The molecule has 0 aliphatic carbocycles. The fraction of sp³-hybridized carbons (Fsp3) is 0.273. The molecule has 168 valence electrons. The smallest absolute Gasteiger partial charge is 0.326 e. The number of halogens is 1. The largest absolute Gasteiger partial charge is 0.484 e. The molecule has 0 atom stereocenters. The number of para-hydroxylation sites is 2. The van der Waals surface area contributed by atoms with Crippen LogP contribution in [0.15, 0.2) is 59.8 Å². The number of hydrogen-bond donors (Lipinski definition) is 0. The summed E-state index contributed by atoms with van der Waals surface area (Å²) in [6, 6.07) is 16.2. The van der Waals surface area contributed by atoms with E-state index in [2.05, 4.69) is 10.2 Å². The van der Waals surface area contributed by atoms with E-state index in [0.29, 0.717) is 27.4 Å². The van der Waals surface area contributed by atoms with Crippen LogP contribution in [0.2, 0.25) is 5.02 Å². The zero-order valence-corrected chi connectivity index (χ0v) is 19.3. The summed E-state index contributed by atoms with van der Waals surface area (Å²) in [6.45, 7) is 2.00. The SMILES string of the molecule is CCOC(=O)CN(C(=O)CSc1nnc(COc2ccccc2Cl)n1C)c1ccccc1. The molecule has 1 amide bonds. The molecule has 1 aromatic heterocycles. The molecular weight excluding hydrogens is 452 g/mol. The van der Waals surface area contributed by atoms with Gasteiger partial charge in [0.05, 0.1) is 17.4 Å². The molecule has 0 unspecified atom stereocenters. The van der Waals surface area contributed by atoms with E-state index < -0.39 is 5.97 Å². The first kappa shape index (κ1) is 23.6. The summed E-state index contributed by atoms with van der Waals surface area (Å²) in [6.07, 6.45) is 0. The van der Waals surface area contributed by atoms with Crippen molar-refractivity contribution in [3.63, 3.8) is 0 Å². The summed E-state index contributed by atoms with van der Waals surface area (Å²) < 4.78 is 12.5. The molecule has 0 saturated carbocycles. The summed E-state index contributed by atoms with van der Waals surface area (Å²) in [7, 11) is 1.80. The van der Waals surface area contributed by atoms with E-state index in [1.807, 2.05) is 30.3 Å². The van der Waals surface area contributed by atoms with E-state index in [0.717, 1.165) is 0 Å². The molecular formula is C22H23ClN4O4S. The molecule has 0 bridgehead atoms. The lowest BCUT2D eigenvalue weighted by Gasteiger charge is -2.21. The van der Waals surface area contributed by atoms with Gasteiger partial charge in [0.2, 0.25) is 5.91 Å². The van der Waals surface area contributed by atoms with Crippen LogP contribution >= 0.6 is 23.4 Å². The number of ether oxygens (including phenoxy) is 2. The number of aromatic nitrogens is 3. The first-order valence-corrected chi connectivity index (χ1v) is 11.3. The van der Waals surface area contributed by atoms with Crippen molar-refractivity contribution < 1.29 is 19.1 Å². The van der Waals surface area contributed by atoms with E-state index in [9.17, 15) is 9.59 Å². The number of esters is 1. The molecule has 0 fully saturated rings. The highest BCUT2D eigenvalue weighted by molar-refractivity contribution is 7.99. The number of hydrogen-bond acceptors (Lipinski definition) is 7. The van der Waals surface area contributed by atoms with Crippen LogP contribution in [-0.2, 0) is 28.0 Å². The second-order valence-corrected chi connectivity index (χ2v) is 7.94. The minimum atomic E-state index is -0.465. The summed E-state index contributed by atoms with van der Waals surface area (Å²) in [5, 5.41) is 9.35. The lowest BCUT2D eigenvalue weighted by molar-refractivity contribution is -0.142. The molecule has 0 aliphatic heterocycles. The van der Waals surface area contributed by atoms with E-state index in [-0.39, 0.29) is 31.4 Å². The van der Waals surface area contributed by atoms with Gasteiger partial charge in [-0.25, -0.2) is 0 Å². The van der Waals surface area contributed by atoms with Crippen LogP contribution in [0.5, 0.6) is 5.75 Å². The van der Waals surface area contributed by atoms with E-state index in [1.54, 1.807) is 42.8 Å². The minimum absolute atomic E-state index is 0.0750. The lowest BCUT2D eigenvalue weighted by Crippen LogP contribution is -2.37. The van der Waals surface area contributed by atoms with Crippen LogP contribution in [-0.4, -0.2) is 45.5 Å². The van der Waals surface area contributed by atoms with Crippen molar-refractivity contribution in [3.05, 3.63) is 65.4 Å². The normalized spacial score (nSPS) is 10.6. The fourth-order valence-corrected chi connectivity index (χ4v) is 3.77. The molecule has 2 aromatic carbocycles. The zero-order chi connectivity index (χ0) is 22.9. The number of carbonyl (C=O) groups excluding carboxylic acids is 2. The van der Waals surface area contributed by atoms with Gasteiger partial charge in [-0.15, -0.1) is 10.2 Å². The Morgan fingerprint density at radius 3 is 2.53 bits per heavy atom. The van der Waals surface area contributed by atoms with Gasteiger partial charge in [-0.3, -0.25) is 9.59 Å². The first-order chi connectivity index (χ1) is 15.5. The van der Waals surface area contributed by atoms with Crippen LogP contribution in [0, 0.1) is 0 Å². The summed E-state index contributed by atoms with van der Waals surface area (Å²) in [5.41, 5.74) is 0.623. The highest BCUT2D eigenvalue weighted by atomic mass is 35.5. The van der Waals surface area contributed by atoms with E-state index >= 15 is 0 Å². The molecule has 1 heterocycles. The van der Waals surface area contributed by atoms with E-state index in [4.69, 9.17) is 21.1 Å². The maximum absolute atomic E-state index is 12.9. The van der Waals surface area contributed by atoms with Crippen LogP contribution < -0.4 is 9.64 Å². The second-order valence-electron chi connectivity index (χ2n) is 6.59. The van der Waals surface area contributed by atoms with Crippen LogP contribution in [0.3, 0.4) is 0 Å². The van der Waals surface area contributed by atoms with E-state index in [1.165, 1.54) is 16.7 Å². The molecule has 0 aliphatic rings. The molecule has 0 radical (unpaired) electrons. The van der Waals surface area contributed by atoms with Crippen LogP contribution in [0.25, 0.3) is 0 Å². The van der Waals surface area contributed by atoms with Crippen molar-refractivity contribution in [2.24, 2.45) is 7.05 Å². The predicted molar refractivity (Wildman–Crippen MR) is 123 cm³/mol. The van der Waals surface area contributed by atoms with Crippen molar-refractivity contribution in [3.8, 4) is 5.75 Å². The Morgan fingerprint density at radius 1 is 1.09 bits per heavy atom. The number of anilines is 1. The standard InChI is InChI=1S/C22H23ClN4O4S/c1-3-30-21(29)13-27(16-9-5-4-6-10-16)20(28)15-32-22-25-24-19(26(22)2)14-31-18-12-8-7-11-17(18)23/h4-12H,3,13-15H2,1-2H3. The van der Waals surface area contributed by atoms with Crippen molar-refractivity contribution >= 4 is 40.9 Å². The topological polar surface area (TPSA) is 86.6 Å². The Balaban J connectivity index is 1.63. The molecule has 0 spiro atoms. The number of thioether (sulfide) groups is 1. The maximum Gasteiger partial charge on any atom is 0.326 e. The third kappa shape index (κ3) is 6.24. The van der Waals surface area contributed by atoms with Crippen molar-refractivity contribution in [1.82, 2.24) is 14.8 Å². The van der Waals surface area contributed by atoms with Crippen LogP contribution in [0.4, 0.5) is 5.69 Å². The summed E-state index contributed by atoms with van der Waals surface area (Å²) in [4.78, 5) is 26.3. The Hall–Kier alpha value is -3.04. The fourth-order valence-electron chi connectivity index (χ4n) is 2.77. The third-order valence-electron chi connectivity index (χ3n) is 4.40. The van der Waals surface area contributed by atoms with Crippen molar-refractivity contribution in [2.75, 3.05) is 23.8 Å². The molecule has 3 rings (SSSR count). The Morgan fingerprint density at radius 2 is 1.81 bits per heavy atom. The zero-order valence-electron chi connectivity index (χ0n) is 17.7. The average Bonchev–Trinajstić information content (AvgIpc) is 3.15. The van der Waals surface area contributed by atoms with Crippen LogP contribution in [0.1, 0.15) is 12.7 Å². The Labute approximate surface area is 195 Å². The highest BCUT2D eigenvalue weighted by Crippen LogP contribution is 2.25. The summed E-state index contributed by atoms with van der Waals surface area (Å²) in [5.74, 6) is 0.509. The highest BCUT2D eigenvalue weighted by Gasteiger charge is 2.21. The second kappa shape index (κ2) is 11.5. The lowest BCUT2D eigenvalue weighted by atomic mass is 10.3. The molecule has 8 nitrogen and oxygen atoms in total. The average molecular weight is 475 g/mol. The maximum atomic E-state index is 12.9. The first-order valence-electron chi connectivity index (χ1n) is 9.89. The van der Waals surface area contributed by atoms with Gasteiger partial charge in [0.15, 0.2) is 11.0 Å². The molecule has 0 N–H and O–H groups in total. The Bertz CT molecular complexity index is 1060. The third-order valence-corrected chi connectivity index (χ3v) is 5.72. The monoisotopic (exact) mass is 474 g/mol. The van der Waals surface area contributed by atoms with Gasteiger partial charge in [-0.2, -0.15) is 0 Å². The predicted octanol–water partition coefficient (Wildman–Crippen LogP) is 3.74. The number of rotatable bonds is 10. The van der Waals surface area contributed by atoms with Crippen molar-refractivity contribution in [2.45, 2.75) is 18.7 Å². The van der Waals surface area contributed by atoms with Gasteiger partial charge in [-0.1, -0.05) is 53.7 Å². The van der Waals surface area contributed by atoms with Crippen molar-refractivity contribution in [1.29, 1.82) is 0 Å². The number of benzene rings is 2. The van der Waals surface area contributed by atoms with Gasteiger partial charge in [0, 0.05) is 12.7 Å². The molecule has 10 heteroatoms. The van der Waals surface area contributed by atoms with Gasteiger partial charge in [0.1, 0.15) is 18.9 Å². The molecule has 0 saturated heterocycles. The van der Waals surface area contributed by atoms with Gasteiger partial charge >= 0.3 is 5.97 Å².